The largest absolute Gasteiger partial charge is 0.384 e. The van der Waals surface area contributed by atoms with Crippen molar-refractivity contribution in [1.29, 1.82) is 0 Å². The Kier molecular flexibility index (Phi) is 2.04. The summed E-state index contributed by atoms with van der Waals surface area (Å²) >= 11 is 0. The number of nitrogens with two attached hydrogens (primary N) is 1. The topological polar surface area (TPSA) is 78.0 Å². The standard InChI is InChI=1S/C10H15N3O2S/c11-10-8-2-1-3-9(8)12-13(10)7-4-5-16(14,15)6-7/h7H,1-6,11H2. The summed E-state index contributed by atoms with van der Waals surface area (Å²) in [7, 11) is -2.87. The second-order valence-electron chi connectivity index (χ2n) is 4.67. The first kappa shape index (κ1) is 10.1. The highest BCUT2D eigenvalue weighted by Gasteiger charge is 2.32. The maximum atomic E-state index is 11.4. The van der Waals surface area contributed by atoms with E-state index < -0.39 is 9.84 Å². The van der Waals surface area contributed by atoms with Crippen molar-refractivity contribution in [1.82, 2.24) is 9.78 Å². The Labute approximate surface area is 94.5 Å². The molecule has 0 bridgehead atoms. The van der Waals surface area contributed by atoms with Gasteiger partial charge in [-0.3, -0.25) is 0 Å². The molecule has 0 amide bonds. The van der Waals surface area contributed by atoms with Gasteiger partial charge >= 0.3 is 0 Å². The molecule has 1 aromatic heterocycles. The SMILES string of the molecule is Nc1c2c(nn1C1CCS(=O)(=O)C1)CCC2. The summed E-state index contributed by atoms with van der Waals surface area (Å²) in [5.41, 5.74) is 8.24. The first-order chi connectivity index (χ1) is 7.57. The Bertz CT molecular complexity index is 533. The van der Waals surface area contributed by atoms with Gasteiger partial charge in [-0.25, -0.2) is 13.1 Å². The third kappa shape index (κ3) is 1.43. The number of aryl methyl sites for hydroxylation is 1. The number of aromatic nitrogens is 2. The van der Waals surface area contributed by atoms with Crippen molar-refractivity contribution in [3.8, 4) is 0 Å². The van der Waals surface area contributed by atoms with E-state index in [4.69, 9.17) is 5.73 Å². The van der Waals surface area contributed by atoms with Gasteiger partial charge in [0.1, 0.15) is 5.82 Å². The Morgan fingerprint density at radius 1 is 1.38 bits per heavy atom. The van der Waals surface area contributed by atoms with Crippen LogP contribution >= 0.6 is 0 Å². The van der Waals surface area contributed by atoms with Crippen LogP contribution in [0.5, 0.6) is 0 Å². The van der Waals surface area contributed by atoms with Gasteiger partial charge in [0.15, 0.2) is 9.84 Å². The van der Waals surface area contributed by atoms with E-state index in [1.807, 2.05) is 0 Å². The van der Waals surface area contributed by atoms with Crippen molar-refractivity contribution in [3.63, 3.8) is 0 Å². The summed E-state index contributed by atoms with van der Waals surface area (Å²) in [6.45, 7) is 0. The summed E-state index contributed by atoms with van der Waals surface area (Å²) in [5.74, 6) is 1.15. The van der Waals surface area contributed by atoms with Crippen LogP contribution in [0.2, 0.25) is 0 Å². The predicted molar refractivity (Wildman–Crippen MR) is 61.0 cm³/mol. The molecule has 16 heavy (non-hydrogen) atoms. The number of nitrogen functional groups attached to an aromatic ring is 1. The molecule has 1 aliphatic heterocycles. The van der Waals surface area contributed by atoms with Crippen LogP contribution in [-0.4, -0.2) is 29.7 Å². The maximum Gasteiger partial charge on any atom is 0.152 e. The molecule has 1 atom stereocenters. The first-order valence-electron chi connectivity index (χ1n) is 5.63. The zero-order chi connectivity index (χ0) is 11.3. The first-order valence-corrected chi connectivity index (χ1v) is 7.45. The molecule has 5 nitrogen and oxygen atoms in total. The van der Waals surface area contributed by atoms with Crippen molar-refractivity contribution >= 4 is 15.7 Å². The molecule has 2 aliphatic rings. The highest BCUT2D eigenvalue weighted by atomic mass is 32.2. The molecule has 0 saturated carbocycles. The molecule has 2 N–H and O–H groups in total. The number of rotatable bonds is 1. The molecule has 2 heterocycles. The van der Waals surface area contributed by atoms with E-state index in [0.29, 0.717) is 12.2 Å². The van der Waals surface area contributed by atoms with E-state index in [-0.39, 0.29) is 17.5 Å². The van der Waals surface area contributed by atoms with Gasteiger partial charge in [-0.05, 0) is 25.7 Å². The van der Waals surface area contributed by atoms with Crippen LogP contribution in [0.1, 0.15) is 30.1 Å². The van der Waals surface area contributed by atoms with Gasteiger partial charge in [0.2, 0.25) is 0 Å². The molecule has 0 aromatic carbocycles. The van der Waals surface area contributed by atoms with Crippen molar-refractivity contribution < 1.29 is 8.42 Å². The van der Waals surface area contributed by atoms with Gasteiger partial charge in [0, 0.05) is 5.56 Å². The fourth-order valence-corrected chi connectivity index (χ4v) is 4.37. The molecule has 88 valence electrons. The van der Waals surface area contributed by atoms with E-state index in [1.165, 1.54) is 0 Å². The lowest BCUT2D eigenvalue weighted by Crippen LogP contribution is -2.15. The summed E-state index contributed by atoms with van der Waals surface area (Å²) in [5, 5.41) is 4.47. The van der Waals surface area contributed by atoms with Crippen LogP contribution in [0, 0.1) is 0 Å². The van der Waals surface area contributed by atoms with Gasteiger partial charge in [0.25, 0.3) is 0 Å². The van der Waals surface area contributed by atoms with Crippen molar-refractivity contribution in [2.24, 2.45) is 0 Å². The third-order valence-electron chi connectivity index (χ3n) is 3.53. The minimum absolute atomic E-state index is 0.0457. The smallest absolute Gasteiger partial charge is 0.152 e. The van der Waals surface area contributed by atoms with Crippen molar-refractivity contribution in [2.45, 2.75) is 31.7 Å². The number of sulfone groups is 1. The van der Waals surface area contributed by atoms with Gasteiger partial charge in [-0.1, -0.05) is 0 Å². The number of fused-ring (bicyclic) bond motifs is 1. The number of anilines is 1. The van der Waals surface area contributed by atoms with Gasteiger partial charge in [0.05, 0.1) is 23.2 Å². The van der Waals surface area contributed by atoms with Gasteiger partial charge in [-0.15, -0.1) is 0 Å². The quantitative estimate of drug-likeness (QED) is 0.767. The summed E-state index contributed by atoms with van der Waals surface area (Å²) in [4.78, 5) is 0. The molecule has 1 unspecified atom stereocenters. The summed E-state index contributed by atoms with van der Waals surface area (Å²) < 4.78 is 24.6. The average Bonchev–Trinajstić information content (AvgIpc) is 2.84. The number of hydrogen-bond donors (Lipinski definition) is 1. The second-order valence-corrected chi connectivity index (χ2v) is 6.89. The van der Waals surface area contributed by atoms with Gasteiger partial charge in [-0.2, -0.15) is 5.10 Å². The van der Waals surface area contributed by atoms with Gasteiger partial charge < -0.3 is 5.73 Å². The molecule has 3 rings (SSSR count). The molecule has 1 aromatic rings. The number of hydrogen-bond acceptors (Lipinski definition) is 4. The van der Waals surface area contributed by atoms with Crippen LogP contribution in [0.3, 0.4) is 0 Å². The summed E-state index contributed by atoms with van der Waals surface area (Å²) in [6.07, 6.45) is 3.73. The van der Waals surface area contributed by atoms with Crippen LogP contribution < -0.4 is 5.73 Å². The van der Waals surface area contributed by atoms with E-state index in [2.05, 4.69) is 5.10 Å². The Balaban J connectivity index is 1.97. The maximum absolute atomic E-state index is 11.4. The lowest BCUT2D eigenvalue weighted by Gasteiger charge is -2.11. The second kappa shape index (κ2) is 3.23. The molecule has 1 saturated heterocycles. The Morgan fingerprint density at radius 2 is 2.19 bits per heavy atom. The van der Waals surface area contributed by atoms with Crippen LogP contribution in [0.25, 0.3) is 0 Å². The Morgan fingerprint density at radius 3 is 2.81 bits per heavy atom. The molecule has 1 fully saturated rings. The molecule has 1 aliphatic carbocycles. The lowest BCUT2D eigenvalue weighted by atomic mass is 10.2. The Hall–Kier alpha value is -1.04. The summed E-state index contributed by atoms with van der Waals surface area (Å²) in [6, 6.07) is -0.0457. The number of nitrogens with zero attached hydrogens (tertiary/aromatic N) is 2. The van der Waals surface area contributed by atoms with Crippen LogP contribution in [-0.2, 0) is 22.7 Å². The van der Waals surface area contributed by atoms with Crippen molar-refractivity contribution in [3.05, 3.63) is 11.3 Å². The minimum atomic E-state index is -2.87. The molecular formula is C10H15N3O2S. The van der Waals surface area contributed by atoms with Crippen LogP contribution in [0.4, 0.5) is 5.82 Å². The van der Waals surface area contributed by atoms with E-state index >= 15 is 0 Å². The minimum Gasteiger partial charge on any atom is -0.384 e. The predicted octanol–water partition coefficient (Wildman–Crippen LogP) is 0.314. The molecular weight excluding hydrogens is 226 g/mol. The highest BCUT2D eigenvalue weighted by Crippen LogP contribution is 2.32. The molecule has 0 radical (unpaired) electrons. The fraction of sp³-hybridized carbons (Fsp3) is 0.700. The third-order valence-corrected chi connectivity index (χ3v) is 5.28. The molecule has 0 spiro atoms. The van der Waals surface area contributed by atoms with E-state index in [9.17, 15) is 8.42 Å². The monoisotopic (exact) mass is 241 g/mol. The zero-order valence-corrected chi connectivity index (χ0v) is 9.83. The van der Waals surface area contributed by atoms with E-state index in [0.717, 1.165) is 30.5 Å². The fourth-order valence-electron chi connectivity index (χ4n) is 2.68. The van der Waals surface area contributed by atoms with E-state index in [1.54, 1.807) is 4.68 Å². The molecule has 6 heteroatoms. The average molecular weight is 241 g/mol. The normalized spacial score (nSPS) is 27.1. The lowest BCUT2D eigenvalue weighted by molar-refractivity contribution is 0.500. The van der Waals surface area contributed by atoms with Crippen molar-refractivity contribution in [2.75, 3.05) is 17.2 Å². The zero-order valence-electron chi connectivity index (χ0n) is 9.02. The highest BCUT2D eigenvalue weighted by molar-refractivity contribution is 7.91. The van der Waals surface area contributed by atoms with Crippen LogP contribution in [0.15, 0.2) is 0 Å².